The molecule has 1 aliphatic heterocycles. The van der Waals surface area contributed by atoms with Crippen molar-refractivity contribution < 1.29 is 9.50 Å². The molecule has 1 N–H and O–H groups in total. The van der Waals surface area contributed by atoms with E-state index in [0.29, 0.717) is 11.3 Å². The molecule has 0 bridgehead atoms. The van der Waals surface area contributed by atoms with Crippen molar-refractivity contribution in [3.63, 3.8) is 0 Å². The molecule has 2 aromatic carbocycles. The van der Waals surface area contributed by atoms with Crippen molar-refractivity contribution in [3.8, 4) is 0 Å². The van der Waals surface area contributed by atoms with Crippen LogP contribution in [0.3, 0.4) is 0 Å². The summed E-state index contributed by atoms with van der Waals surface area (Å²) in [5, 5.41) is 10.0. The van der Waals surface area contributed by atoms with Crippen molar-refractivity contribution in [1.82, 2.24) is 0 Å². The Hall–Kier alpha value is -1.87. The van der Waals surface area contributed by atoms with Crippen LogP contribution in [0.4, 0.5) is 15.8 Å². The maximum Gasteiger partial charge on any atom is 0.147 e. The van der Waals surface area contributed by atoms with Crippen molar-refractivity contribution >= 4 is 11.4 Å². The minimum atomic E-state index is -0.697. The normalized spacial score (nSPS) is 19.2. The summed E-state index contributed by atoms with van der Waals surface area (Å²) in [6.45, 7) is 3.78. The van der Waals surface area contributed by atoms with Gasteiger partial charge < -0.3 is 10.0 Å². The lowest BCUT2D eigenvalue weighted by atomic mass is 9.94. The molecule has 0 spiro atoms. The van der Waals surface area contributed by atoms with Crippen LogP contribution in [0.5, 0.6) is 0 Å². The van der Waals surface area contributed by atoms with Gasteiger partial charge in [0.05, 0.1) is 11.8 Å². The predicted octanol–water partition coefficient (Wildman–Crippen LogP) is 4.35. The Labute approximate surface area is 124 Å². The van der Waals surface area contributed by atoms with Gasteiger partial charge in [-0.1, -0.05) is 30.3 Å². The van der Waals surface area contributed by atoms with Gasteiger partial charge in [0.1, 0.15) is 5.82 Å². The van der Waals surface area contributed by atoms with Crippen LogP contribution in [0.15, 0.2) is 42.5 Å². The summed E-state index contributed by atoms with van der Waals surface area (Å²) < 4.78 is 14.5. The second-order valence-electron chi connectivity index (χ2n) is 5.74. The maximum atomic E-state index is 14.5. The van der Waals surface area contributed by atoms with Crippen LogP contribution in [0.2, 0.25) is 0 Å². The fourth-order valence-corrected chi connectivity index (χ4v) is 3.15. The molecular formula is C18H20FNO. The molecule has 2 aromatic rings. The molecule has 21 heavy (non-hydrogen) atoms. The Bertz CT molecular complexity index is 653. The summed E-state index contributed by atoms with van der Waals surface area (Å²) in [7, 11) is 0. The maximum absolute atomic E-state index is 14.5. The molecule has 0 radical (unpaired) electrons. The first-order valence-corrected chi connectivity index (χ1v) is 7.43. The summed E-state index contributed by atoms with van der Waals surface area (Å²) in [6.07, 6.45) is 1.29. The lowest BCUT2D eigenvalue weighted by Gasteiger charge is -2.38. The molecule has 2 nitrogen and oxygen atoms in total. The van der Waals surface area contributed by atoms with E-state index in [-0.39, 0.29) is 11.9 Å². The summed E-state index contributed by atoms with van der Waals surface area (Å²) in [5.41, 5.74) is 3.42. The number of aliphatic hydroxyl groups excluding tert-OH is 1. The molecule has 0 fully saturated rings. The van der Waals surface area contributed by atoms with Gasteiger partial charge in [0.15, 0.2) is 0 Å². The zero-order valence-electron chi connectivity index (χ0n) is 12.4. The minimum Gasteiger partial charge on any atom is -0.389 e. The largest absolute Gasteiger partial charge is 0.389 e. The van der Waals surface area contributed by atoms with Gasteiger partial charge in [-0.25, -0.2) is 4.39 Å². The number of nitrogens with zero attached hydrogens (tertiary/aromatic N) is 1. The van der Waals surface area contributed by atoms with Gasteiger partial charge in [-0.05, 0) is 44.4 Å². The molecule has 0 saturated carbocycles. The van der Waals surface area contributed by atoms with Gasteiger partial charge in [0, 0.05) is 17.3 Å². The fraction of sp³-hybridized carbons (Fsp3) is 0.333. The second-order valence-corrected chi connectivity index (χ2v) is 5.74. The molecule has 3 heteroatoms. The number of hydrogen-bond acceptors (Lipinski definition) is 2. The molecule has 110 valence electrons. The van der Waals surface area contributed by atoms with Crippen molar-refractivity contribution in [3.05, 3.63) is 59.4 Å². The van der Waals surface area contributed by atoms with Crippen LogP contribution in [0, 0.1) is 5.82 Å². The monoisotopic (exact) mass is 285 g/mol. The number of aryl methyl sites for hydroxylation is 1. The molecule has 2 atom stereocenters. The average Bonchev–Trinajstić information content (AvgIpc) is 2.47. The molecule has 1 unspecified atom stereocenters. The molecule has 1 heterocycles. The van der Waals surface area contributed by atoms with E-state index in [1.54, 1.807) is 19.1 Å². The van der Waals surface area contributed by atoms with Crippen LogP contribution in [0.25, 0.3) is 0 Å². The Morgan fingerprint density at radius 1 is 1.19 bits per heavy atom. The molecule has 0 saturated heterocycles. The Morgan fingerprint density at radius 2 is 1.95 bits per heavy atom. The quantitative estimate of drug-likeness (QED) is 0.886. The van der Waals surface area contributed by atoms with Gasteiger partial charge >= 0.3 is 0 Å². The summed E-state index contributed by atoms with van der Waals surface area (Å²) >= 11 is 0. The number of rotatable bonds is 2. The molecule has 0 aromatic heterocycles. The number of fused-ring (bicyclic) bond motifs is 1. The van der Waals surface area contributed by atoms with Crippen molar-refractivity contribution in [1.29, 1.82) is 0 Å². The predicted molar refractivity (Wildman–Crippen MR) is 83.4 cm³/mol. The molecular weight excluding hydrogens is 265 g/mol. The zero-order chi connectivity index (χ0) is 15.0. The van der Waals surface area contributed by atoms with Gasteiger partial charge in [-0.15, -0.1) is 0 Å². The molecule has 0 aliphatic carbocycles. The van der Waals surface area contributed by atoms with E-state index in [0.717, 1.165) is 18.5 Å². The topological polar surface area (TPSA) is 23.5 Å². The summed E-state index contributed by atoms with van der Waals surface area (Å²) in [4.78, 5) is 2.04. The molecule has 1 aliphatic rings. The van der Waals surface area contributed by atoms with E-state index in [4.69, 9.17) is 0 Å². The number of para-hydroxylation sites is 2. The van der Waals surface area contributed by atoms with E-state index in [9.17, 15) is 9.50 Å². The summed E-state index contributed by atoms with van der Waals surface area (Å²) in [6, 6.07) is 13.2. The molecule has 3 rings (SSSR count). The van der Waals surface area contributed by atoms with Crippen LogP contribution in [0.1, 0.15) is 37.5 Å². The van der Waals surface area contributed by atoms with E-state index in [2.05, 4.69) is 13.0 Å². The van der Waals surface area contributed by atoms with Crippen LogP contribution >= 0.6 is 0 Å². The minimum absolute atomic E-state index is 0.203. The van der Waals surface area contributed by atoms with Gasteiger partial charge in [0.25, 0.3) is 0 Å². The lowest BCUT2D eigenvalue weighted by molar-refractivity contribution is 0.199. The first-order chi connectivity index (χ1) is 10.1. The standard InChI is InChI=1S/C18H20FNO/c1-12-10-11-14-6-3-4-9-17(14)20(12)18-15(13(2)21)7-5-8-16(18)19/h3-9,12-13,21H,10-11H2,1-2H3/t12?,13-/m0/s1. The Balaban J connectivity index is 2.21. The van der Waals surface area contributed by atoms with Crippen LogP contribution in [-0.2, 0) is 6.42 Å². The Morgan fingerprint density at radius 3 is 2.71 bits per heavy atom. The highest BCUT2D eigenvalue weighted by molar-refractivity contribution is 5.72. The van der Waals surface area contributed by atoms with E-state index in [1.165, 1.54) is 11.6 Å². The number of aliphatic hydroxyl groups is 1. The number of benzene rings is 2. The third-order valence-corrected chi connectivity index (χ3v) is 4.23. The number of hydrogen-bond donors (Lipinski definition) is 1. The van der Waals surface area contributed by atoms with E-state index >= 15 is 0 Å². The third kappa shape index (κ3) is 2.42. The fourth-order valence-electron chi connectivity index (χ4n) is 3.15. The van der Waals surface area contributed by atoms with E-state index < -0.39 is 6.10 Å². The average molecular weight is 285 g/mol. The Kier molecular flexibility index (Phi) is 3.68. The first-order valence-electron chi connectivity index (χ1n) is 7.43. The van der Waals surface area contributed by atoms with Crippen molar-refractivity contribution in [2.24, 2.45) is 0 Å². The summed E-state index contributed by atoms with van der Waals surface area (Å²) in [5.74, 6) is -0.281. The van der Waals surface area contributed by atoms with Crippen molar-refractivity contribution in [2.45, 2.75) is 38.8 Å². The smallest absolute Gasteiger partial charge is 0.147 e. The highest BCUT2D eigenvalue weighted by Crippen LogP contribution is 2.41. The highest BCUT2D eigenvalue weighted by atomic mass is 19.1. The van der Waals surface area contributed by atoms with Gasteiger partial charge in [-0.2, -0.15) is 0 Å². The van der Waals surface area contributed by atoms with Crippen LogP contribution in [-0.4, -0.2) is 11.1 Å². The van der Waals surface area contributed by atoms with Gasteiger partial charge in [0.2, 0.25) is 0 Å². The second kappa shape index (κ2) is 5.49. The first kappa shape index (κ1) is 14.1. The molecule has 0 amide bonds. The van der Waals surface area contributed by atoms with E-state index in [1.807, 2.05) is 23.1 Å². The number of anilines is 2. The third-order valence-electron chi connectivity index (χ3n) is 4.23. The SMILES string of the molecule is CC1CCc2ccccc2N1c1c(F)cccc1[C@H](C)O. The van der Waals surface area contributed by atoms with Crippen molar-refractivity contribution in [2.75, 3.05) is 4.90 Å². The lowest BCUT2D eigenvalue weighted by Crippen LogP contribution is -2.34. The zero-order valence-corrected chi connectivity index (χ0v) is 12.4. The highest BCUT2D eigenvalue weighted by Gasteiger charge is 2.28. The number of halogens is 1. The van der Waals surface area contributed by atoms with Crippen LogP contribution < -0.4 is 4.90 Å². The van der Waals surface area contributed by atoms with Gasteiger partial charge in [-0.3, -0.25) is 0 Å².